The van der Waals surface area contributed by atoms with E-state index < -0.39 is 0 Å². The van der Waals surface area contributed by atoms with Crippen LogP contribution in [0.2, 0.25) is 0 Å². The van der Waals surface area contributed by atoms with Gasteiger partial charge in [-0.2, -0.15) is 0 Å². The van der Waals surface area contributed by atoms with Gasteiger partial charge in [0.25, 0.3) is 5.91 Å². The summed E-state index contributed by atoms with van der Waals surface area (Å²) in [5, 5.41) is 0. The summed E-state index contributed by atoms with van der Waals surface area (Å²) < 4.78 is 0. The fourth-order valence-electron chi connectivity index (χ4n) is 4.53. The molecule has 2 aromatic heterocycles. The van der Waals surface area contributed by atoms with E-state index in [2.05, 4.69) is 27.0 Å². The van der Waals surface area contributed by atoms with Crippen molar-refractivity contribution >= 4 is 5.91 Å². The molecule has 2 fully saturated rings. The molecule has 4 rings (SSSR count). The lowest BCUT2D eigenvalue weighted by atomic mass is 9.72. The van der Waals surface area contributed by atoms with Crippen LogP contribution >= 0.6 is 0 Å². The molecule has 0 N–H and O–H groups in total. The van der Waals surface area contributed by atoms with Crippen LogP contribution in [0.15, 0.2) is 42.7 Å². The number of carbonyl (C=O) groups excluding carboxylic acids is 1. The number of pyridine rings is 2. The maximum absolute atomic E-state index is 12.8. The van der Waals surface area contributed by atoms with E-state index in [1.54, 1.807) is 6.20 Å². The van der Waals surface area contributed by atoms with E-state index >= 15 is 0 Å². The normalized spacial score (nSPS) is 20.0. The Balaban J connectivity index is 1.36. The van der Waals surface area contributed by atoms with E-state index in [1.165, 1.54) is 12.8 Å². The summed E-state index contributed by atoms with van der Waals surface area (Å²) in [4.78, 5) is 26.1. The molecule has 0 unspecified atom stereocenters. The second-order valence-corrected chi connectivity index (χ2v) is 8.12. The van der Waals surface area contributed by atoms with Crippen molar-refractivity contribution in [3.8, 4) is 0 Å². The van der Waals surface area contributed by atoms with Crippen molar-refractivity contribution in [2.24, 2.45) is 5.41 Å². The standard InChI is InChI=1S/C22H28N4O/c1-18-6-7-19(15-24-18)21(27)26-13-9-22(10-14-26)8-4-12-25(17-22)16-20-5-2-3-11-23-20/h2-3,5-7,11,15H,4,8-10,12-14,16-17H2,1H3. The monoisotopic (exact) mass is 364 g/mol. The SMILES string of the molecule is Cc1ccc(C(=O)N2CCC3(CCCN(Cc4ccccn4)C3)CC2)cn1. The summed E-state index contributed by atoms with van der Waals surface area (Å²) >= 11 is 0. The summed E-state index contributed by atoms with van der Waals surface area (Å²) in [5.74, 6) is 0.124. The molecule has 0 atom stereocenters. The molecule has 5 heteroatoms. The molecular weight excluding hydrogens is 336 g/mol. The Morgan fingerprint density at radius 3 is 2.63 bits per heavy atom. The smallest absolute Gasteiger partial charge is 0.255 e. The Morgan fingerprint density at radius 1 is 1.07 bits per heavy atom. The highest BCUT2D eigenvalue weighted by Crippen LogP contribution is 2.40. The maximum atomic E-state index is 12.8. The van der Waals surface area contributed by atoms with Crippen LogP contribution in [0.3, 0.4) is 0 Å². The number of amides is 1. The van der Waals surface area contributed by atoms with Crippen LogP contribution in [0.4, 0.5) is 0 Å². The van der Waals surface area contributed by atoms with Crippen LogP contribution in [0.25, 0.3) is 0 Å². The van der Waals surface area contributed by atoms with Crippen molar-refractivity contribution in [3.63, 3.8) is 0 Å². The fraction of sp³-hybridized carbons (Fsp3) is 0.500. The van der Waals surface area contributed by atoms with Crippen LogP contribution in [0.1, 0.15) is 47.4 Å². The van der Waals surface area contributed by atoms with Crippen molar-refractivity contribution in [2.45, 2.75) is 39.2 Å². The largest absolute Gasteiger partial charge is 0.339 e. The molecule has 0 bridgehead atoms. The number of carbonyl (C=O) groups is 1. The van der Waals surface area contributed by atoms with Gasteiger partial charge in [-0.25, -0.2) is 0 Å². The summed E-state index contributed by atoms with van der Waals surface area (Å²) in [7, 11) is 0. The van der Waals surface area contributed by atoms with Gasteiger partial charge in [0.15, 0.2) is 0 Å². The Hall–Kier alpha value is -2.27. The lowest BCUT2D eigenvalue weighted by Crippen LogP contribution is -2.50. The molecule has 2 saturated heterocycles. The van der Waals surface area contributed by atoms with Crippen molar-refractivity contribution in [1.82, 2.24) is 19.8 Å². The van der Waals surface area contributed by atoms with Gasteiger partial charge in [0.05, 0.1) is 11.3 Å². The van der Waals surface area contributed by atoms with Crippen LogP contribution in [0, 0.1) is 12.3 Å². The number of piperidine rings is 2. The minimum Gasteiger partial charge on any atom is -0.339 e. The fourth-order valence-corrected chi connectivity index (χ4v) is 4.53. The molecule has 1 spiro atoms. The summed E-state index contributed by atoms with van der Waals surface area (Å²) in [6.45, 7) is 6.85. The first-order valence-corrected chi connectivity index (χ1v) is 9.98. The average molecular weight is 364 g/mol. The number of nitrogens with zero attached hydrogens (tertiary/aromatic N) is 4. The van der Waals surface area contributed by atoms with Gasteiger partial charge < -0.3 is 4.90 Å². The van der Waals surface area contributed by atoms with E-state index in [4.69, 9.17) is 0 Å². The van der Waals surface area contributed by atoms with Crippen LogP contribution in [-0.2, 0) is 6.54 Å². The first kappa shape index (κ1) is 18.1. The van der Waals surface area contributed by atoms with Crippen molar-refractivity contribution in [3.05, 3.63) is 59.7 Å². The van der Waals surface area contributed by atoms with E-state index in [-0.39, 0.29) is 5.91 Å². The summed E-state index contributed by atoms with van der Waals surface area (Å²) in [6, 6.07) is 9.95. The minimum absolute atomic E-state index is 0.124. The van der Waals surface area contributed by atoms with Gasteiger partial charge in [0, 0.05) is 44.3 Å². The predicted molar refractivity (Wildman–Crippen MR) is 105 cm³/mol. The Morgan fingerprint density at radius 2 is 1.93 bits per heavy atom. The van der Waals surface area contributed by atoms with Crippen LogP contribution in [-0.4, -0.2) is 51.9 Å². The van der Waals surface area contributed by atoms with Gasteiger partial charge in [0.1, 0.15) is 0 Å². The van der Waals surface area contributed by atoms with Gasteiger partial charge in [0.2, 0.25) is 0 Å². The van der Waals surface area contributed by atoms with E-state index in [0.29, 0.717) is 11.0 Å². The second kappa shape index (κ2) is 7.77. The zero-order chi connectivity index (χ0) is 18.7. The molecule has 2 aliphatic rings. The number of hydrogen-bond acceptors (Lipinski definition) is 4. The number of rotatable bonds is 3. The zero-order valence-corrected chi connectivity index (χ0v) is 16.1. The number of aromatic nitrogens is 2. The predicted octanol–water partition coefficient (Wildman–Crippen LogP) is 3.30. The quantitative estimate of drug-likeness (QED) is 0.838. The summed E-state index contributed by atoms with van der Waals surface area (Å²) in [6.07, 6.45) is 8.28. The Labute approximate surface area is 161 Å². The zero-order valence-electron chi connectivity index (χ0n) is 16.1. The van der Waals surface area contributed by atoms with Crippen molar-refractivity contribution in [2.75, 3.05) is 26.2 Å². The molecule has 4 heterocycles. The maximum Gasteiger partial charge on any atom is 0.255 e. The van der Waals surface area contributed by atoms with E-state index in [9.17, 15) is 4.79 Å². The second-order valence-electron chi connectivity index (χ2n) is 8.12. The molecule has 27 heavy (non-hydrogen) atoms. The van der Waals surface area contributed by atoms with E-state index in [1.807, 2.05) is 36.2 Å². The molecular formula is C22H28N4O. The lowest BCUT2D eigenvalue weighted by molar-refractivity contribution is 0.0194. The van der Waals surface area contributed by atoms with Crippen molar-refractivity contribution in [1.29, 1.82) is 0 Å². The molecule has 2 aliphatic heterocycles. The lowest BCUT2D eigenvalue weighted by Gasteiger charge is -2.47. The van der Waals surface area contributed by atoms with Gasteiger partial charge in [-0.15, -0.1) is 0 Å². The third kappa shape index (κ3) is 4.19. The number of hydrogen-bond donors (Lipinski definition) is 0. The van der Waals surface area contributed by atoms with Crippen LogP contribution < -0.4 is 0 Å². The molecule has 0 radical (unpaired) electrons. The molecule has 0 aromatic carbocycles. The van der Waals surface area contributed by atoms with Gasteiger partial charge in [-0.1, -0.05) is 6.07 Å². The molecule has 5 nitrogen and oxygen atoms in total. The van der Waals surface area contributed by atoms with Gasteiger partial charge in [-0.05, 0) is 68.8 Å². The third-order valence-electron chi connectivity index (χ3n) is 6.12. The molecule has 2 aromatic rings. The third-order valence-corrected chi connectivity index (χ3v) is 6.12. The van der Waals surface area contributed by atoms with Gasteiger partial charge in [-0.3, -0.25) is 19.7 Å². The van der Waals surface area contributed by atoms with E-state index in [0.717, 1.165) is 57.0 Å². The molecule has 1 amide bonds. The van der Waals surface area contributed by atoms with Gasteiger partial charge >= 0.3 is 0 Å². The Bertz CT molecular complexity index is 767. The topological polar surface area (TPSA) is 49.3 Å². The van der Waals surface area contributed by atoms with Crippen molar-refractivity contribution < 1.29 is 4.79 Å². The first-order chi connectivity index (χ1) is 13.1. The molecule has 0 aliphatic carbocycles. The molecule has 142 valence electrons. The number of likely N-dealkylation sites (tertiary alicyclic amines) is 2. The highest BCUT2D eigenvalue weighted by atomic mass is 16.2. The minimum atomic E-state index is 0.124. The first-order valence-electron chi connectivity index (χ1n) is 9.98. The van der Waals surface area contributed by atoms with Crippen LogP contribution in [0.5, 0.6) is 0 Å². The summed E-state index contributed by atoms with van der Waals surface area (Å²) in [5.41, 5.74) is 3.15. The number of aryl methyl sites for hydroxylation is 1. The Kier molecular flexibility index (Phi) is 5.21. The highest BCUT2D eigenvalue weighted by molar-refractivity contribution is 5.94. The molecule has 0 saturated carbocycles. The highest BCUT2D eigenvalue weighted by Gasteiger charge is 2.39. The average Bonchev–Trinajstić information content (AvgIpc) is 2.70.